The summed E-state index contributed by atoms with van der Waals surface area (Å²) in [4.78, 5) is 47.1. The molecule has 57 heavy (non-hydrogen) atoms. The number of nitrogens with zero attached hydrogens (tertiary/aromatic N) is 6. The zero-order chi connectivity index (χ0) is 39.9. The van der Waals surface area contributed by atoms with Crippen LogP contribution in [0, 0.1) is 5.92 Å². The molecule has 4 aromatic rings. The molecule has 0 bridgehead atoms. The lowest BCUT2D eigenvalue weighted by Crippen LogP contribution is -2.51. The number of aliphatic hydroxyl groups is 1. The Morgan fingerprint density at radius 1 is 0.895 bits per heavy atom. The molecule has 3 amide bonds. The number of carbonyl (C=O) groups excluding carboxylic acids is 3. The smallest absolute Gasteiger partial charge is 0.264 e. The number of amides is 3. The summed E-state index contributed by atoms with van der Waals surface area (Å²) in [5.74, 6) is 0.724. The van der Waals surface area contributed by atoms with Crippen molar-refractivity contribution in [2.24, 2.45) is 5.92 Å². The summed E-state index contributed by atoms with van der Waals surface area (Å²) in [5, 5.41) is 19.3. The Labute approximate surface area is 335 Å². The van der Waals surface area contributed by atoms with Crippen molar-refractivity contribution in [2.45, 2.75) is 102 Å². The Hall–Kier alpha value is -4.85. The molecule has 8 rings (SSSR count). The van der Waals surface area contributed by atoms with Crippen molar-refractivity contribution in [3.05, 3.63) is 89.7 Å². The molecule has 4 aliphatic heterocycles. The van der Waals surface area contributed by atoms with Crippen LogP contribution in [0.5, 0.6) is 5.75 Å². The average Bonchev–Trinajstić information content (AvgIpc) is 3.87. The third-order valence-corrected chi connectivity index (χ3v) is 17.3. The van der Waals surface area contributed by atoms with Gasteiger partial charge in [-0.3, -0.25) is 19.1 Å². The third-order valence-electron chi connectivity index (χ3n) is 13.0. The van der Waals surface area contributed by atoms with E-state index in [1.54, 1.807) is 11.8 Å². The maximum absolute atomic E-state index is 15.5. The minimum absolute atomic E-state index is 0.000510. The summed E-state index contributed by atoms with van der Waals surface area (Å²) in [5.41, 5.74) is 3.68. The number of benzene rings is 3. The van der Waals surface area contributed by atoms with Gasteiger partial charge in [-0.05, 0) is 85.7 Å². The van der Waals surface area contributed by atoms with Gasteiger partial charge < -0.3 is 29.3 Å². The van der Waals surface area contributed by atoms with Crippen molar-refractivity contribution in [2.75, 3.05) is 41.5 Å². The van der Waals surface area contributed by atoms with E-state index >= 15 is 4.79 Å². The molecule has 4 atom stereocenters. The highest BCUT2D eigenvalue weighted by Crippen LogP contribution is 2.60. The van der Waals surface area contributed by atoms with Gasteiger partial charge in [0.2, 0.25) is 11.8 Å². The summed E-state index contributed by atoms with van der Waals surface area (Å²) >= 11 is 0. The maximum atomic E-state index is 15.5. The van der Waals surface area contributed by atoms with Gasteiger partial charge in [0.25, 0.3) is 5.91 Å². The van der Waals surface area contributed by atoms with Crippen LogP contribution in [-0.4, -0.2) is 78.8 Å². The molecular weight excluding hydrogens is 737 g/mol. The fraction of sp³-hybridized carbons (Fsp3) is 0.477. The van der Waals surface area contributed by atoms with Crippen molar-refractivity contribution >= 4 is 48.0 Å². The Balaban J connectivity index is 1.19. The topological polar surface area (TPSA) is 130 Å². The third kappa shape index (κ3) is 7.07. The van der Waals surface area contributed by atoms with E-state index < -0.39 is 13.7 Å². The number of aryl methyl sites for hydroxylation is 1. The van der Waals surface area contributed by atoms with E-state index in [0.717, 1.165) is 71.9 Å². The first-order chi connectivity index (χ1) is 27.5. The van der Waals surface area contributed by atoms with Gasteiger partial charge in [-0.1, -0.05) is 54.7 Å². The lowest BCUT2D eigenvalue weighted by molar-refractivity contribution is -0.146. The first-order valence-electron chi connectivity index (χ1n) is 20.5. The van der Waals surface area contributed by atoms with Gasteiger partial charge >= 0.3 is 0 Å². The van der Waals surface area contributed by atoms with Crippen LogP contribution in [0.25, 0.3) is 0 Å². The lowest BCUT2D eigenvalue weighted by atomic mass is 9.82. The molecule has 0 radical (unpaired) electrons. The number of methoxy groups -OCH3 is 1. The molecule has 1 spiro atoms. The molecule has 4 aliphatic rings. The van der Waals surface area contributed by atoms with E-state index in [1.807, 2.05) is 69.4 Å². The molecule has 0 aliphatic carbocycles. The lowest BCUT2D eigenvalue weighted by Gasteiger charge is -2.37. The molecule has 3 saturated heterocycles. The van der Waals surface area contributed by atoms with E-state index in [2.05, 4.69) is 48.5 Å². The molecule has 3 fully saturated rings. The predicted molar refractivity (Wildman–Crippen MR) is 221 cm³/mol. The first-order valence-corrected chi connectivity index (χ1v) is 23.6. The van der Waals surface area contributed by atoms with Crippen molar-refractivity contribution in [1.82, 2.24) is 15.0 Å². The number of piperidine rings is 2. The van der Waals surface area contributed by atoms with Crippen LogP contribution in [0.3, 0.4) is 0 Å². The number of carbonyl (C=O) groups is 3. The summed E-state index contributed by atoms with van der Waals surface area (Å²) in [6.07, 6.45) is 7.40. The predicted octanol–water partition coefficient (Wildman–Crippen LogP) is 5.71. The van der Waals surface area contributed by atoms with Crippen LogP contribution in [-0.2, 0) is 44.2 Å². The van der Waals surface area contributed by atoms with Crippen LogP contribution < -0.4 is 24.6 Å². The summed E-state index contributed by atoms with van der Waals surface area (Å²) in [7, 11) is -0.735. The molecule has 5 heterocycles. The summed E-state index contributed by atoms with van der Waals surface area (Å²) < 4.78 is 14.7. The van der Waals surface area contributed by atoms with Gasteiger partial charge in [0, 0.05) is 74.6 Å². The molecule has 1 aromatic heterocycles. The second kappa shape index (κ2) is 15.8. The van der Waals surface area contributed by atoms with Crippen LogP contribution in [0.15, 0.2) is 72.9 Å². The fourth-order valence-corrected chi connectivity index (χ4v) is 14.0. The zero-order valence-electron chi connectivity index (χ0n) is 33.5. The Kier molecular flexibility index (Phi) is 10.8. The number of fused-ring (bicyclic) bond motifs is 2. The van der Waals surface area contributed by atoms with E-state index in [4.69, 9.17) is 9.47 Å². The van der Waals surface area contributed by atoms with Crippen LogP contribution in [0.2, 0.25) is 18.6 Å². The van der Waals surface area contributed by atoms with E-state index in [0.29, 0.717) is 45.3 Å². The highest BCUT2D eigenvalue weighted by Gasteiger charge is 2.66. The number of aromatic nitrogens is 3. The molecule has 1 N–H and O–H groups in total. The molecular formula is C44H54N6O6Si. The quantitative estimate of drug-likeness (QED) is 0.181. The normalized spacial score (nSPS) is 23.8. The molecule has 0 saturated carbocycles. The number of aliphatic hydroxyl groups excluding tert-OH is 1. The van der Waals surface area contributed by atoms with Crippen molar-refractivity contribution in [3.8, 4) is 5.75 Å². The molecule has 13 heteroatoms. The number of anilines is 3. The van der Waals surface area contributed by atoms with Gasteiger partial charge in [-0.2, -0.15) is 0 Å². The maximum Gasteiger partial charge on any atom is 0.264 e. The van der Waals surface area contributed by atoms with Gasteiger partial charge in [0.05, 0.1) is 39.2 Å². The standard InChI is InChI=1S/C44H54N6O6Si/c1-30-42(57(3,4)36-18-16-35(55-2)17-19-36)39(21-25-47-29-32(22-26-51)45-46-47)56-44(30)37-27-34(49-24-8-6-10-41(49)53)15-20-38(37)50(43(44)54)28-31-11-13-33(14-12-31)48-23-7-5-9-40(48)52/h11-20,27,29-30,39,42,51H,5-10,21-26,28H2,1-4H3/t30-,39+,42-,44+/m0/s1. The highest BCUT2D eigenvalue weighted by molar-refractivity contribution is 6.91. The monoisotopic (exact) mass is 790 g/mol. The van der Waals surface area contributed by atoms with Crippen LogP contribution >= 0.6 is 0 Å². The number of rotatable bonds is 12. The average molecular weight is 791 g/mol. The first kappa shape index (κ1) is 39.0. The minimum Gasteiger partial charge on any atom is -0.497 e. The number of hydrogen-bond acceptors (Lipinski definition) is 8. The Bertz CT molecular complexity index is 2120. The van der Waals surface area contributed by atoms with Gasteiger partial charge in [-0.25, -0.2) is 0 Å². The fourth-order valence-electron chi connectivity index (χ4n) is 9.95. The van der Waals surface area contributed by atoms with Crippen molar-refractivity contribution in [3.63, 3.8) is 0 Å². The number of ether oxygens (including phenoxy) is 2. The minimum atomic E-state index is -2.41. The SMILES string of the molecule is COc1ccc([Si](C)(C)[C@@H]2[C@@H](CCn3cc(CCO)nn3)O[C@]3(C(=O)N(Cc4ccc(N5CCCCC5=O)cc4)c4ccc(N5CCCCC5=O)cc43)[C@H]2C)cc1. The second-order valence-electron chi connectivity index (χ2n) is 16.7. The van der Waals surface area contributed by atoms with E-state index in [1.165, 1.54) is 5.19 Å². The second-order valence-corrected chi connectivity index (χ2v) is 21.3. The molecule has 3 aromatic carbocycles. The Morgan fingerprint density at radius 3 is 2.21 bits per heavy atom. The van der Waals surface area contributed by atoms with E-state index in [9.17, 15) is 14.7 Å². The van der Waals surface area contributed by atoms with Gasteiger partial charge in [0.15, 0.2) is 5.60 Å². The molecule has 300 valence electrons. The van der Waals surface area contributed by atoms with E-state index in [-0.39, 0.29) is 41.9 Å². The van der Waals surface area contributed by atoms with Crippen LogP contribution in [0.1, 0.15) is 68.7 Å². The van der Waals surface area contributed by atoms with Crippen LogP contribution in [0.4, 0.5) is 17.1 Å². The zero-order valence-corrected chi connectivity index (χ0v) is 34.5. The molecule has 12 nitrogen and oxygen atoms in total. The summed E-state index contributed by atoms with van der Waals surface area (Å²) in [6, 6.07) is 22.4. The van der Waals surface area contributed by atoms with Crippen molar-refractivity contribution < 1.29 is 29.0 Å². The van der Waals surface area contributed by atoms with Gasteiger partial charge in [0.1, 0.15) is 5.75 Å². The van der Waals surface area contributed by atoms with Gasteiger partial charge in [-0.15, -0.1) is 5.10 Å². The number of hydrogen-bond donors (Lipinski definition) is 1. The highest BCUT2D eigenvalue weighted by atomic mass is 28.3. The van der Waals surface area contributed by atoms with Crippen molar-refractivity contribution in [1.29, 1.82) is 0 Å². The largest absolute Gasteiger partial charge is 0.497 e. The molecule has 0 unspecified atom stereocenters. The Morgan fingerprint density at radius 2 is 1.56 bits per heavy atom. The summed E-state index contributed by atoms with van der Waals surface area (Å²) in [6.45, 7) is 9.16.